The quantitative estimate of drug-likeness (QED) is 0.653. The Bertz CT molecular complexity index is 898. The summed E-state index contributed by atoms with van der Waals surface area (Å²) in [6.07, 6.45) is 2.01. The second-order valence-electron chi connectivity index (χ2n) is 8.33. The van der Waals surface area contributed by atoms with Crippen LogP contribution in [0.3, 0.4) is 0 Å². The monoisotopic (exact) mass is 461 g/mol. The maximum Gasteiger partial charge on any atom is 0.227 e. The molecule has 7 heteroatoms. The molecule has 0 spiro atoms. The minimum Gasteiger partial charge on any atom is -0.497 e. The number of carbonyl (C=O) groups is 1. The van der Waals surface area contributed by atoms with Crippen molar-refractivity contribution in [2.75, 3.05) is 51.3 Å². The number of nitrogens with zero attached hydrogens (tertiary/aromatic N) is 3. The van der Waals surface area contributed by atoms with E-state index >= 15 is 0 Å². The molecule has 0 N–H and O–H groups in total. The molecule has 2 heterocycles. The van der Waals surface area contributed by atoms with E-state index in [1.807, 2.05) is 35.2 Å². The van der Waals surface area contributed by atoms with E-state index in [4.69, 9.17) is 27.9 Å². The number of benzene rings is 2. The molecule has 0 aromatic heterocycles. The Morgan fingerprint density at radius 3 is 2.42 bits per heavy atom. The number of rotatable bonds is 5. The standard InChI is InChI=1S/C24H29Cl2N3O2/c1-31-21-7-5-20(6-8-21)28-11-13-29(14-12-28)24(30)19-3-2-10-27(17-19)16-18-4-9-22(25)23(26)15-18/h4-9,15,19H,2-3,10-14,16-17H2,1H3. The average molecular weight is 462 g/mol. The number of amides is 1. The molecule has 5 nitrogen and oxygen atoms in total. The molecule has 2 saturated heterocycles. The summed E-state index contributed by atoms with van der Waals surface area (Å²) in [5.74, 6) is 1.23. The van der Waals surface area contributed by atoms with Crippen LogP contribution in [0.15, 0.2) is 42.5 Å². The first-order valence-corrected chi connectivity index (χ1v) is 11.6. The Labute approximate surface area is 194 Å². The summed E-state index contributed by atoms with van der Waals surface area (Å²) < 4.78 is 5.24. The maximum absolute atomic E-state index is 13.2. The summed E-state index contributed by atoms with van der Waals surface area (Å²) in [5, 5.41) is 1.16. The summed E-state index contributed by atoms with van der Waals surface area (Å²) in [5.41, 5.74) is 2.31. The number of likely N-dealkylation sites (tertiary alicyclic amines) is 1. The maximum atomic E-state index is 13.2. The fraction of sp³-hybridized carbons (Fsp3) is 0.458. The zero-order valence-corrected chi connectivity index (χ0v) is 19.4. The molecular formula is C24H29Cl2N3O2. The zero-order valence-electron chi connectivity index (χ0n) is 17.9. The third-order valence-corrected chi connectivity index (χ3v) is 7.01. The fourth-order valence-electron chi connectivity index (χ4n) is 4.53. The van der Waals surface area contributed by atoms with Crippen molar-refractivity contribution in [1.82, 2.24) is 9.80 Å². The number of piperidine rings is 1. The summed E-state index contributed by atoms with van der Waals surface area (Å²) in [4.78, 5) is 19.9. The van der Waals surface area contributed by atoms with E-state index in [1.165, 1.54) is 5.69 Å². The van der Waals surface area contributed by atoms with Crippen LogP contribution in [0.4, 0.5) is 5.69 Å². The van der Waals surface area contributed by atoms with Gasteiger partial charge in [0.2, 0.25) is 5.91 Å². The Balaban J connectivity index is 1.30. The lowest BCUT2D eigenvalue weighted by molar-refractivity contribution is -0.137. The highest BCUT2D eigenvalue weighted by Crippen LogP contribution is 2.26. The number of hydrogen-bond acceptors (Lipinski definition) is 4. The first-order valence-electron chi connectivity index (χ1n) is 10.9. The predicted octanol–water partition coefficient (Wildman–Crippen LogP) is 4.56. The smallest absolute Gasteiger partial charge is 0.227 e. The number of piperazine rings is 1. The van der Waals surface area contributed by atoms with Crippen molar-refractivity contribution < 1.29 is 9.53 Å². The summed E-state index contributed by atoms with van der Waals surface area (Å²) in [7, 11) is 1.68. The molecule has 2 aliphatic heterocycles. The average Bonchev–Trinajstić information content (AvgIpc) is 2.81. The first-order chi connectivity index (χ1) is 15.0. The Morgan fingerprint density at radius 2 is 1.74 bits per heavy atom. The van der Waals surface area contributed by atoms with E-state index < -0.39 is 0 Å². The molecule has 0 radical (unpaired) electrons. The van der Waals surface area contributed by atoms with Gasteiger partial charge >= 0.3 is 0 Å². The largest absolute Gasteiger partial charge is 0.497 e. The Morgan fingerprint density at radius 1 is 1.00 bits per heavy atom. The van der Waals surface area contributed by atoms with E-state index in [-0.39, 0.29) is 5.92 Å². The minimum atomic E-state index is 0.0732. The third kappa shape index (κ3) is 5.46. The molecular weight excluding hydrogens is 433 g/mol. The molecule has 2 aromatic rings. The van der Waals surface area contributed by atoms with Gasteiger partial charge in [-0.3, -0.25) is 9.69 Å². The SMILES string of the molecule is COc1ccc(N2CCN(C(=O)C3CCCN(Cc4ccc(Cl)c(Cl)c4)C3)CC2)cc1. The molecule has 166 valence electrons. The molecule has 1 atom stereocenters. The Kier molecular flexibility index (Phi) is 7.26. The summed E-state index contributed by atoms with van der Waals surface area (Å²) in [6, 6.07) is 13.9. The van der Waals surface area contributed by atoms with Gasteiger partial charge in [0.1, 0.15) is 5.75 Å². The lowest BCUT2D eigenvalue weighted by atomic mass is 9.95. The molecule has 1 amide bonds. The van der Waals surface area contributed by atoms with E-state index in [0.717, 1.165) is 70.0 Å². The lowest BCUT2D eigenvalue weighted by Crippen LogP contribution is -2.52. The lowest BCUT2D eigenvalue weighted by Gasteiger charge is -2.39. The van der Waals surface area contributed by atoms with Crippen molar-refractivity contribution in [3.63, 3.8) is 0 Å². The van der Waals surface area contributed by atoms with Gasteiger partial charge < -0.3 is 14.5 Å². The van der Waals surface area contributed by atoms with Crippen LogP contribution >= 0.6 is 23.2 Å². The van der Waals surface area contributed by atoms with E-state index in [0.29, 0.717) is 16.0 Å². The zero-order chi connectivity index (χ0) is 21.8. The second-order valence-corrected chi connectivity index (χ2v) is 9.15. The van der Waals surface area contributed by atoms with Gasteiger partial charge in [-0.25, -0.2) is 0 Å². The number of hydrogen-bond donors (Lipinski definition) is 0. The van der Waals surface area contributed by atoms with Crippen LogP contribution in [-0.2, 0) is 11.3 Å². The molecule has 0 aliphatic carbocycles. The summed E-state index contributed by atoms with van der Waals surface area (Å²) in [6.45, 7) is 5.87. The molecule has 0 saturated carbocycles. The predicted molar refractivity (Wildman–Crippen MR) is 126 cm³/mol. The number of ether oxygens (including phenoxy) is 1. The van der Waals surface area contributed by atoms with Gasteiger partial charge in [-0.2, -0.15) is 0 Å². The van der Waals surface area contributed by atoms with Crippen LogP contribution < -0.4 is 9.64 Å². The fourth-order valence-corrected chi connectivity index (χ4v) is 4.85. The molecule has 0 bridgehead atoms. The van der Waals surface area contributed by atoms with Crippen molar-refractivity contribution in [2.45, 2.75) is 19.4 Å². The van der Waals surface area contributed by atoms with Gasteiger partial charge in [-0.1, -0.05) is 29.3 Å². The van der Waals surface area contributed by atoms with Crippen LogP contribution in [0.5, 0.6) is 5.75 Å². The highest BCUT2D eigenvalue weighted by atomic mass is 35.5. The molecule has 4 rings (SSSR count). The van der Waals surface area contributed by atoms with E-state index in [9.17, 15) is 4.79 Å². The van der Waals surface area contributed by atoms with Crippen molar-refractivity contribution in [3.8, 4) is 5.75 Å². The molecule has 31 heavy (non-hydrogen) atoms. The highest BCUT2D eigenvalue weighted by molar-refractivity contribution is 6.42. The summed E-state index contributed by atoms with van der Waals surface area (Å²) >= 11 is 12.2. The minimum absolute atomic E-state index is 0.0732. The second kappa shape index (κ2) is 10.1. The van der Waals surface area contributed by atoms with Crippen LogP contribution in [0.1, 0.15) is 18.4 Å². The topological polar surface area (TPSA) is 36.0 Å². The highest BCUT2D eigenvalue weighted by Gasteiger charge is 2.31. The van der Waals surface area contributed by atoms with Gasteiger partial charge in [-0.15, -0.1) is 0 Å². The van der Waals surface area contributed by atoms with E-state index in [2.05, 4.69) is 21.9 Å². The Hall–Kier alpha value is -1.95. The molecule has 1 unspecified atom stereocenters. The molecule has 2 aromatic carbocycles. The third-order valence-electron chi connectivity index (χ3n) is 6.27. The van der Waals surface area contributed by atoms with E-state index in [1.54, 1.807) is 7.11 Å². The van der Waals surface area contributed by atoms with Crippen LogP contribution in [-0.4, -0.2) is 62.1 Å². The van der Waals surface area contributed by atoms with Crippen molar-refractivity contribution >= 4 is 34.8 Å². The van der Waals surface area contributed by atoms with Gasteiger partial charge in [-0.05, 0) is 61.3 Å². The normalized spacial score (nSPS) is 20.0. The number of anilines is 1. The van der Waals surface area contributed by atoms with Gasteiger partial charge in [0.05, 0.1) is 23.1 Å². The van der Waals surface area contributed by atoms with Gasteiger partial charge in [0.15, 0.2) is 0 Å². The molecule has 2 aliphatic rings. The van der Waals surface area contributed by atoms with Gasteiger partial charge in [0, 0.05) is 45.0 Å². The molecule has 2 fully saturated rings. The van der Waals surface area contributed by atoms with Crippen LogP contribution in [0, 0.1) is 5.92 Å². The first kappa shape index (κ1) is 22.3. The number of carbonyl (C=O) groups excluding carboxylic acids is 1. The van der Waals surface area contributed by atoms with Crippen molar-refractivity contribution in [2.24, 2.45) is 5.92 Å². The van der Waals surface area contributed by atoms with Crippen LogP contribution in [0.2, 0.25) is 10.0 Å². The van der Waals surface area contributed by atoms with Crippen LogP contribution in [0.25, 0.3) is 0 Å². The number of halogens is 2. The van der Waals surface area contributed by atoms with Gasteiger partial charge in [0.25, 0.3) is 0 Å². The van der Waals surface area contributed by atoms with Crippen molar-refractivity contribution in [3.05, 3.63) is 58.1 Å². The van der Waals surface area contributed by atoms with Crippen molar-refractivity contribution in [1.29, 1.82) is 0 Å². The number of methoxy groups -OCH3 is 1.